The molecule has 0 amide bonds. The van der Waals surface area contributed by atoms with Crippen molar-refractivity contribution in [1.29, 1.82) is 0 Å². The summed E-state index contributed by atoms with van der Waals surface area (Å²) >= 11 is 0. The van der Waals surface area contributed by atoms with Crippen LogP contribution in [0.1, 0.15) is 37.8 Å². The number of aromatic nitrogens is 3. The molecule has 2 heterocycles. The molecule has 1 aromatic heterocycles. The Morgan fingerprint density at radius 1 is 1.26 bits per heavy atom. The van der Waals surface area contributed by atoms with Gasteiger partial charge >= 0.3 is 0 Å². The predicted octanol–water partition coefficient (Wildman–Crippen LogP) is 2.56. The summed E-state index contributed by atoms with van der Waals surface area (Å²) in [6, 6.07) is 10.4. The molecule has 2 aromatic rings. The molecule has 1 aliphatic rings. The molecule has 4 heteroatoms. The van der Waals surface area contributed by atoms with Gasteiger partial charge in [-0.3, -0.25) is 4.57 Å². The van der Waals surface area contributed by atoms with Crippen LogP contribution in [0.5, 0.6) is 0 Å². The Labute approximate surface area is 113 Å². The number of rotatable bonds is 3. The Balaban J connectivity index is 2.13. The standard InChI is InChI=1S/C15H20N4/c1-3-15(10-7-11-16-15)14-18-17-12(2)19(14)13-8-5-4-6-9-13/h4-6,8-9,16H,3,7,10-11H2,1-2H3. The van der Waals surface area contributed by atoms with Crippen LogP contribution in [-0.2, 0) is 5.54 Å². The molecule has 1 unspecified atom stereocenters. The third-order valence-corrected chi connectivity index (χ3v) is 4.11. The fraction of sp³-hybridized carbons (Fsp3) is 0.467. The highest BCUT2D eigenvalue weighted by molar-refractivity contribution is 5.35. The number of aryl methyl sites for hydroxylation is 1. The van der Waals surface area contributed by atoms with Crippen LogP contribution in [0.15, 0.2) is 30.3 Å². The van der Waals surface area contributed by atoms with Crippen molar-refractivity contribution < 1.29 is 0 Å². The van der Waals surface area contributed by atoms with Crippen molar-refractivity contribution in [3.8, 4) is 5.69 Å². The summed E-state index contributed by atoms with van der Waals surface area (Å²) in [6.45, 7) is 5.30. The molecule has 0 saturated carbocycles. The molecule has 0 bridgehead atoms. The van der Waals surface area contributed by atoms with E-state index in [1.54, 1.807) is 0 Å². The number of hydrogen-bond acceptors (Lipinski definition) is 3. The molecule has 100 valence electrons. The summed E-state index contributed by atoms with van der Waals surface area (Å²) in [7, 11) is 0. The Hall–Kier alpha value is -1.68. The summed E-state index contributed by atoms with van der Waals surface area (Å²) in [4.78, 5) is 0. The second-order valence-corrected chi connectivity index (χ2v) is 5.21. The van der Waals surface area contributed by atoms with E-state index >= 15 is 0 Å². The normalized spacial score (nSPS) is 22.8. The molecule has 0 radical (unpaired) electrons. The summed E-state index contributed by atoms with van der Waals surface area (Å²) in [5.74, 6) is 2.00. The van der Waals surface area contributed by atoms with Gasteiger partial charge in [0, 0.05) is 5.69 Å². The van der Waals surface area contributed by atoms with Crippen LogP contribution >= 0.6 is 0 Å². The smallest absolute Gasteiger partial charge is 0.157 e. The van der Waals surface area contributed by atoms with E-state index in [1.165, 1.54) is 6.42 Å². The van der Waals surface area contributed by atoms with Crippen molar-refractivity contribution in [3.63, 3.8) is 0 Å². The minimum Gasteiger partial charge on any atom is -0.305 e. The van der Waals surface area contributed by atoms with Crippen molar-refractivity contribution in [3.05, 3.63) is 42.0 Å². The van der Waals surface area contributed by atoms with Gasteiger partial charge in [0.05, 0.1) is 5.54 Å². The molecular formula is C15H20N4. The number of para-hydroxylation sites is 1. The van der Waals surface area contributed by atoms with Crippen LogP contribution in [0.2, 0.25) is 0 Å². The lowest BCUT2D eigenvalue weighted by Gasteiger charge is -2.27. The average molecular weight is 256 g/mol. The SMILES string of the molecule is CCC1(c2nnc(C)n2-c2ccccc2)CCCN1. The number of nitrogens with zero attached hydrogens (tertiary/aromatic N) is 3. The van der Waals surface area contributed by atoms with E-state index in [4.69, 9.17) is 0 Å². The zero-order valence-corrected chi connectivity index (χ0v) is 11.6. The van der Waals surface area contributed by atoms with Gasteiger partial charge in [-0.1, -0.05) is 25.1 Å². The molecule has 0 spiro atoms. The van der Waals surface area contributed by atoms with Gasteiger partial charge in [-0.15, -0.1) is 10.2 Å². The second-order valence-electron chi connectivity index (χ2n) is 5.21. The van der Waals surface area contributed by atoms with Crippen LogP contribution in [0.4, 0.5) is 0 Å². The van der Waals surface area contributed by atoms with Crippen LogP contribution in [0.3, 0.4) is 0 Å². The summed E-state index contributed by atoms with van der Waals surface area (Å²) in [6.07, 6.45) is 3.38. The zero-order valence-electron chi connectivity index (χ0n) is 11.6. The fourth-order valence-corrected chi connectivity index (χ4v) is 3.02. The molecule has 1 aromatic carbocycles. The first kappa shape index (κ1) is 12.4. The van der Waals surface area contributed by atoms with E-state index in [0.717, 1.165) is 36.7 Å². The first-order valence-corrected chi connectivity index (χ1v) is 7.00. The van der Waals surface area contributed by atoms with Gasteiger partial charge in [-0.25, -0.2) is 0 Å². The molecule has 1 fully saturated rings. The Morgan fingerprint density at radius 2 is 2.05 bits per heavy atom. The lowest BCUT2D eigenvalue weighted by Crippen LogP contribution is -2.38. The van der Waals surface area contributed by atoms with Crippen molar-refractivity contribution in [2.24, 2.45) is 0 Å². The molecule has 1 saturated heterocycles. The molecule has 19 heavy (non-hydrogen) atoms. The monoisotopic (exact) mass is 256 g/mol. The van der Waals surface area contributed by atoms with E-state index in [1.807, 2.05) is 13.0 Å². The first-order chi connectivity index (χ1) is 9.27. The highest BCUT2D eigenvalue weighted by Crippen LogP contribution is 2.34. The lowest BCUT2D eigenvalue weighted by atomic mass is 9.93. The summed E-state index contributed by atoms with van der Waals surface area (Å²) < 4.78 is 2.18. The van der Waals surface area contributed by atoms with E-state index < -0.39 is 0 Å². The van der Waals surface area contributed by atoms with Gasteiger partial charge in [0.2, 0.25) is 0 Å². The summed E-state index contributed by atoms with van der Waals surface area (Å²) in [5, 5.41) is 12.4. The molecule has 1 N–H and O–H groups in total. The number of nitrogens with one attached hydrogen (secondary N) is 1. The Bertz CT molecular complexity index is 553. The van der Waals surface area contributed by atoms with Gasteiger partial charge in [0.25, 0.3) is 0 Å². The molecule has 1 atom stereocenters. The second kappa shape index (κ2) is 4.78. The fourth-order valence-electron chi connectivity index (χ4n) is 3.02. The summed E-state index contributed by atoms with van der Waals surface area (Å²) in [5.41, 5.74) is 1.12. The van der Waals surface area contributed by atoms with E-state index in [9.17, 15) is 0 Å². The predicted molar refractivity (Wildman–Crippen MR) is 75.3 cm³/mol. The van der Waals surface area contributed by atoms with E-state index in [-0.39, 0.29) is 5.54 Å². The van der Waals surface area contributed by atoms with Crippen molar-refractivity contribution >= 4 is 0 Å². The van der Waals surface area contributed by atoms with Crippen molar-refractivity contribution in [1.82, 2.24) is 20.1 Å². The molecule has 4 nitrogen and oxygen atoms in total. The lowest BCUT2D eigenvalue weighted by molar-refractivity contribution is 0.347. The Kier molecular flexibility index (Phi) is 3.11. The minimum atomic E-state index is -0.0168. The number of benzene rings is 1. The van der Waals surface area contributed by atoms with Gasteiger partial charge in [-0.05, 0) is 44.9 Å². The highest BCUT2D eigenvalue weighted by Gasteiger charge is 2.38. The van der Waals surface area contributed by atoms with Gasteiger partial charge in [0.15, 0.2) is 5.82 Å². The molecule has 3 rings (SSSR count). The molecule has 0 aliphatic carbocycles. The van der Waals surface area contributed by atoms with Crippen LogP contribution in [-0.4, -0.2) is 21.3 Å². The highest BCUT2D eigenvalue weighted by atomic mass is 15.3. The zero-order chi connectivity index (χ0) is 13.3. The number of hydrogen-bond donors (Lipinski definition) is 1. The van der Waals surface area contributed by atoms with Crippen LogP contribution < -0.4 is 5.32 Å². The van der Waals surface area contributed by atoms with Crippen molar-refractivity contribution in [2.45, 2.75) is 38.6 Å². The van der Waals surface area contributed by atoms with Gasteiger partial charge in [0.1, 0.15) is 5.82 Å². The first-order valence-electron chi connectivity index (χ1n) is 7.00. The van der Waals surface area contributed by atoms with Gasteiger partial charge in [-0.2, -0.15) is 0 Å². The van der Waals surface area contributed by atoms with E-state index in [0.29, 0.717) is 0 Å². The minimum absolute atomic E-state index is 0.0168. The maximum Gasteiger partial charge on any atom is 0.157 e. The van der Waals surface area contributed by atoms with Crippen LogP contribution in [0, 0.1) is 6.92 Å². The third-order valence-electron chi connectivity index (χ3n) is 4.11. The average Bonchev–Trinajstić information content (AvgIpc) is 3.07. The quantitative estimate of drug-likeness (QED) is 0.917. The van der Waals surface area contributed by atoms with Crippen LogP contribution in [0.25, 0.3) is 5.69 Å². The molecular weight excluding hydrogens is 236 g/mol. The Morgan fingerprint density at radius 3 is 2.68 bits per heavy atom. The van der Waals surface area contributed by atoms with Gasteiger partial charge < -0.3 is 5.32 Å². The topological polar surface area (TPSA) is 42.7 Å². The van der Waals surface area contributed by atoms with Crippen molar-refractivity contribution in [2.75, 3.05) is 6.54 Å². The van der Waals surface area contributed by atoms with E-state index in [2.05, 4.69) is 51.3 Å². The molecule has 1 aliphatic heterocycles. The largest absolute Gasteiger partial charge is 0.305 e. The third kappa shape index (κ3) is 1.96. The maximum absolute atomic E-state index is 4.47. The maximum atomic E-state index is 4.47.